The first-order valence-electron chi connectivity index (χ1n) is 5.71. The van der Waals surface area contributed by atoms with Gasteiger partial charge in [-0.2, -0.15) is 0 Å². The molecule has 0 aliphatic carbocycles. The van der Waals surface area contributed by atoms with E-state index in [2.05, 4.69) is 63.4 Å². The highest BCUT2D eigenvalue weighted by atomic mass is 79.9. The average Bonchev–Trinajstić information content (AvgIpc) is 2.39. The maximum atomic E-state index is 4.46. The second-order valence-electron chi connectivity index (χ2n) is 4.21. The van der Waals surface area contributed by atoms with Crippen molar-refractivity contribution in [3.8, 4) is 0 Å². The van der Waals surface area contributed by atoms with Crippen molar-refractivity contribution in [2.75, 3.05) is 0 Å². The highest BCUT2D eigenvalue weighted by Crippen LogP contribution is 2.38. The van der Waals surface area contributed by atoms with E-state index in [1.165, 1.54) is 11.1 Å². The van der Waals surface area contributed by atoms with Crippen LogP contribution in [0, 0.1) is 0 Å². The standard InChI is InChI=1S/C15H12BrN/c16-12-6-7-15-14(10-12)13(8-9-17-15)11-4-2-1-3-5-11/h1-7,9-10,13H,8H2. The Morgan fingerprint density at radius 1 is 1.06 bits per heavy atom. The van der Waals surface area contributed by atoms with Gasteiger partial charge in [0.05, 0.1) is 5.69 Å². The van der Waals surface area contributed by atoms with Crippen LogP contribution in [-0.4, -0.2) is 6.21 Å². The predicted molar refractivity (Wildman–Crippen MR) is 75.2 cm³/mol. The molecule has 1 aliphatic heterocycles. The van der Waals surface area contributed by atoms with Gasteiger partial charge in [-0.25, -0.2) is 0 Å². The minimum Gasteiger partial charge on any atom is -0.261 e. The number of nitrogens with zero attached hydrogens (tertiary/aromatic N) is 1. The van der Waals surface area contributed by atoms with Crippen LogP contribution in [0.5, 0.6) is 0 Å². The molecule has 0 saturated carbocycles. The molecule has 3 rings (SSSR count). The lowest BCUT2D eigenvalue weighted by Gasteiger charge is -2.21. The fourth-order valence-corrected chi connectivity index (χ4v) is 2.69. The van der Waals surface area contributed by atoms with Gasteiger partial charge >= 0.3 is 0 Å². The van der Waals surface area contributed by atoms with E-state index < -0.39 is 0 Å². The summed E-state index contributed by atoms with van der Waals surface area (Å²) in [6, 6.07) is 16.9. The third kappa shape index (κ3) is 2.05. The summed E-state index contributed by atoms with van der Waals surface area (Å²) < 4.78 is 1.12. The largest absolute Gasteiger partial charge is 0.261 e. The van der Waals surface area contributed by atoms with Gasteiger partial charge in [0.2, 0.25) is 0 Å². The van der Waals surface area contributed by atoms with Gasteiger partial charge in [-0.1, -0.05) is 46.3 Å². The molecule has 0 N–H and O–H groups in total. The molecule has 2 aromatic rings. The number of aliphatic imine (C=N–C) groups is 1. The van der Waals surface area contributed by atoms with E-state index in [1.54, 1.807) is 0 Å². The highest BCUT2D eigenvalue weighted by molar-refractivity contribution is 9.10. The molecule has 0 amide bonds. The number of hydrogen-bond acceptors (Lipinski definition) is 1. The highest BCUT2D eigenvalue weighted by Gasteiger charge is 2.19. The van der Waals surface area contributed by atoms with Crippen molar-refractivity contribution in [1.29, 1.82) is 0 Å². The molecule has 17 heavy (non-hydrogen) atoms. The van der Waals surface area contributed by atoms with Gasteiger partial charge in [0.1, 0.15) is 0 Å². The van der Waals surface area contributed by atoms with Crippen LogP contribution in [0.15, 0.2) is 58.0 Å². The van der Waals surface area contributed by atoms with Crippen LogP contribution in [-0.2, 0) is 0 Å². The van der Waals surface area contributed by atoms with Crippen LogP contribution in [0.2, 0.25) is 0 Å². The minimum atomic E-state index is 0.432. The lowest BCUT2D eigenvalue weighted by atomic mass is 9.86. The van der Waals surface area contributed by atoms with Crippen LogP contribution in [0.3, 0.4) is 0 Å². The molecule has 1 atom stereocenters. The molecule has 1 unspecified atom stereocenters. The number of halogens is 1. The summed E-state index contributed by atoms with van der Waals surface area (Å²) in [4.78, 5) is 4.46. The maximum absolute atomic E-state index is 4.46. The molecule has 2 heteroatoms. The second kappa shape index (κ2) is 4.46. The Hall–Kier alpha value is -1.41. The van der Waals surface area contributed by atoms with E-state index in [1.807, 2.05) is 12.3 Å². The van der Waals surface area contributed by atoms with Crippen LogP contribution in [0.1, 0.15) is 23.5 Å². The molecule has 1 aliphatic rings. The topological polar surface area (TPSA) is 12.4 Å². The zero-order chi connectivity index (χ0) is 11.7. The fourth-order valence-electron chi connectivity index (χ4n) is 2.31. The summed E-state index contributed by atoms with van der Waals surface area (Å²) in [6.45, 7) is 0. The summed E-state index contributed by atoms with van der Waals surface area (Å²) in [5.74, 6) is 0.432. The normalized spacial score (nSPS) is 17.8. The molecule has 0 spiro atoms. The zero-order valence-electron chi connectivity index (χ0n) is 9.31. The Kier molecular flexibility index (Phi) is 2.81. The predicted octanol–water partition coefficient (Wildman–Crippen LogP) is 4.69. The van der Waals surface area contributed by atoms with Gasteiger partial charge in [0.25, 0.3) is 0 Å². The molecule has 0 fully saturated rings. The average molecular weight is 286 g/mol. The maximum Gasteiger partial charge on any atom is 0.0664 e. The van der Waals surface area contributed by atoms with E-state index in [4.69, 9.17) is 0 Å². The van der Waals surface area contributed by atoms with E-state index in [9.17, 15) is 0 Å². The van der Waals surface area contributed by atoms with E-state index in [0.29, 0.717) is 5.92 Å². The van der Waals surface area contributed by atoms with E-state index in [0.717, 1.165) is 16.6 Å². The van der Waals surface area contributed by atoms with Crippen LogP contribution < -0.4 is 0 Å². The molecule has 0 saturated heterocycles. The number of rotatable bonds is 1. The molecule has 0 aromatic heterocycles. The number of benzene rings is 2. The Balaban J connectivity index is 2.11. The lowest BCUT2D eigenvalue weighted by molar-refractivity contribution is 0.851. The van der Waals surface area contributed by atoms with Gasteiger partial charge in [0, 0.05) is 16.6 Å². The van der Waals surface area contributed by atoms with Crippen molar-refractivity contribution in [1.82, 2.24) is 0 Å². The summed E-state index contributed by atoms with van der Waals surface area (Å²) in [6.07, 6.45) is 3.00. The molecule has 1 nitrogen and oxygen atoms in total. The second-order valence-corrected chi connectivity index (χ2v) is 5.13. The molecular formula is C15H12BrN. The molecule has 0 bridgehead atoms. The van der Waals surface area contributed by atoms with Crippen molar-refractivity contribution in [3.63, 3.8) is 0 Å². The van der Waals surface area contributed by atoms with Gasteiger partial charge in [-0.05, 0) is 35.7 Å². The Morgan fingerprint density at radius 3 is 2.71 bits per heavy atom. The van der Waals surface area contributed by atoms with Crippen molar-refractivity contribution in [2.45, 2.75) is 12.3 Å². The number of fused-ring (bicyclic) bond motifs is 1. The van der Waals surface area contributed by atoms with Crippen LogP contribution in [0.25, 0.3) is 0 Å². The SMILES string of the molecule is Brc1ccc2c(c1)C(c1ccccc1)CC=N2. The van der Waals surface area contributed by atoms with Crippen LogP contribution >= 0.6 is 15.9 Å². The van der Waals surface area contributed by atoms with Crippen molar-refractivity contribution in [3.05, 3.63) is 64.1 Å². The first-order chi connectivity index (χ1) is 8.34. The summed E-state index contributed by atoms with van der Waals surface area (Å²) in [5, 5.41) is 0. The van der Waals surface area contributed by atoms with Gasteiger partial charge in [0.15, 0.2) is 0 Å². The van der Waals surface area contributed by atoms with Crippen molar-refractivity contribution >= 4 is 27.8 Å². The van der Waals surface area contributed by atoms with E-state index >= 15 is 0 Å². The Labute approximate surface area is 109 Å². The minimum absolute atomic E-state index is 0.432. The third-order valence-corrected chi connectivity index (χ3v) is 3.63. The Morgan fingerprint density at radius 2 is 1.88 bits per heavy atom. The van der Waals surface area contributed by atoms with Gasteiger partial charge in [-0.3, -0.25) is 4.99 Å². The third-order valence-electron chi connectivity index (χ3n) is 3.14. The summed E-state index contributed by atoms with van der Waals surface area (Å²) in [7, 11) is 0. The van der Waals surface area contributed by atoms with Gasteiger partial charge in [-0.15, -0.1) is 0 Å². The lowest BCUT2D eigenvalue weighted by Crippen LogP contribution is -2.05. The first kappa shape index (κ1) is 10.7. The first-order valence-corrected chi connectivity index (χ1v) is 6.51. The van der Waals surface area contributed by atoms with Crippen molar-refractivity contribution in [2.24, 2.45) is 4.99 Å². The molecular weight excluding hydrogens is 274 g/mol. The summed E-state index contributed by atoms with van der Waals surface area (Å²) >= 11 is 3.54. The fraction of sp³-hybridized carbons (Fsp3) is 0.133. The smallest absolute Gasteiger partial charge is 0.0664 e. The van der Waals surface area contributed by atoms with E-state index in [-0.39, 0.29) is 0 Å². The monoisotopic (exact) mass is 285 g/mol. The van der Waals surface area contributed by atoms with Crippen molar-refractivity contribution < 1.29 is 0 Å². The molecule has 2 aromatic carbocycles. The number of hydrogen-bond donors (Lipinski definition) is 0. The molecule has 0 radical (unpaired) electrons. The molecule has 1 heterocycles. The van der Waals surface area contributed by atoms with Crippen LogP contribution in [0.4, 0.5) is 5.69 Å². The quantitative estimate of drug-likeness (QED) is 0.721. The molecule has 84 valence electrons. The Bertz CT molecular complexity index is 560. The zero-order valence-corrected chi connectivity index (χ0v) is 10.9. The summed E-state index contributed by atoms with van der Waals surface area (Å²) in [5.41, 5.74) is 3.76. The van der Waals surface area contributed by atoms with Gasteiger partial charge < -0.3 is 0 Å².